The standard InChI is InChI=1S/C3H7ClO4S/c4-1-3(5)2-8-9(6)7/h3,5,9H,1-2H2. The highest BCUT2D eigenvalue weighted by atomic mass is 35.5. The molecule has 1 N–H and O–H groups in total. The molecule has 0 aromatic heterocycles. The van der Waals surface area contributed by atoms with E-state index in [2.05, 4.69) is 4.18 Å². The third-order valence-corrected chi connectivity index (χ3v) is 1.27. The summed E-state index contributed by atoms with van der Waals surface area (Å²) in [6.07, 6.45) is -0.903. The Balaban J connectivity index is 3.27. The Bertz CT molecular complexity index is 126. The van der Waals surface area contributed by atoms with Crippen LogP contribution in [0.25, 0.3) is 0 Å². The molecule has 1 unspecified atom stereocenters. The van der Waals surface area contributed by atoms with Gasteiger partial charge in [-0.2, -0.15) is 0 Å². The summed E-state index contributed by atoms with van der Waals surface area (Å²) in [7, 11) is -2.86. The lowest BCUT2D eigenvalue weighted by Crippen LogP contribution is -2.15. The van der Waals surface area contributed by atoms with Gasteiger partial charge in [0.1, 0.15) is 0 Å². The summed E-state index contributed by atoms with van der Waals surface area (Å²) in [6.45, 7) is -0.262. The Kier molecular flexibility index (Phi) is 5.07. The van der Waals surface area contributed by atoms with Gasteiger partial charge in [0.15, 0.2) is 0 Å². The maximum absolute atomic E-state index is 9.68. The van der Waals surface area contributed by atoms with Gasteiger partial charge in [-0.05, 0) is 0 Å². The van der Waals surface area contributed by atoms with Crippen LogP contribution in [0.2, 0.25) is 0 Å². The Morgan fingerprint density at radius 2 is 2.22 bits per heavy atom. The van der Waals surface area contributed by atoms with Gasteiger partial charge in [-0.15, -0.1) is 11.6 Å². The van der Waals surface area contributed by atoms with Crippen LogP contribution in [0.5, 0.6) is 0 Å². The zero-order valence-electron chi connectivity index (χ0n) is 4.49. The van der Waals surface area contributed by atoms with Crippen LogP contribution in [0.1, 0.15) is 0 Å². The highest BCUT2D eigenvalue weighted by Crippen LogP contribution is 1.87. The third kappa shape index (κ3) is 6.04. The summed E-state index contributed by atoms with van der Waals surface area (Å²) in [6, 6.07) is 0. The van der Waals surface area contributed by atoms with Gasteiger partial charge in [0.2, 0.25) is 0 Å². The Hall–Kier alpha value is 0.160. The van der Waals surface area contributed by atoms with E-state index in [1.807, 2.05) is 0 Å². The van der Waals surface area contributed by atoms with Gasteiger partial charge in [0.05, 0.1) is 18.6 Å². The molecule has 0 aromatic carbocycles. The lowest BCUT2D eigenvalue weighted by molar-refractivity contribution is 0.131. The lowest BCUT2D eigenvalue weighted by Gasteiger charge is -2.00. The average molecular weight is 175 g/mol. The molecule has 4 nitrogen and oxygen atoms in total. The summed E-state index contributed by atoms with van der Waals surface area (Å²) in [5, 5.41) is 8.58. The second-order valence-electron chi connectivity index (χ2n) is 1.33. The predicted molar refractivity (Wildman–Crippen MR) is 33.0 cm³/mol. The van der Waals surface area contributed by atoms with Gasteiger partial charge >= 0.3 is 0 Å². The van der Waals surface area contributed by atoms with E-state index in [0.717, 1.165) is 0 Å². The molecule has 0 aliphatic rings. The quantitative estimate of drug-likeness (QED) is 0.430. The maximum Gasteiger partial charge on any atom is 0.257 e. The number of hydrogen-bond acceptors (Lipinski definition) is 4. The van der Waals surface area contributed by atoms with E-state index >= 15 is 0 Å². The van der Waals surface area contributed by atoms with E-state index < -0.39 is 17.1 Å². The molecule has 0 aromatic rings. The van der Waals surface area contributed by atoms with E-state index in [9.17, 15) is 8.42 Å². The summed E-state index contributed by atoms with van der Waals surface area (Å²) < 4.78 is 23.4. The van der Waals surface area contributed by atoms with Crippen molar-refractivity contribution < 1.29 is 17.7 Å². The van der Waals surface area contributed by atoms with Crippen molar-refractivity contribution >= 4 is 22.6 Å². The highest BCUT2D eigenvalue weighted by Gasteiger charge is 2.00. The smallest absolute Gasteiger partial charge is 0.257 e. The Morgan fingerprint density at radius 1 is 1.67 bits per heavy atom. The molecule has 0 saturated heterocycles. The zero-order valence-corrected chi connectivity index (χ0v) is 6.14. The molecule has 0 aliphatic heterocycles. The molecule has 0 radical (unpaired) electrons. The molecule has 0 fully saturated rings. The molecule has 0 aliphatic carbocycles. The van der Waals surface area contributed by atoms with E-state index in [4.69, 9.17) is 16.7 Å². The van der Waals surface area contributed by atoms with Crippen LogP contribution >= 0.6 is 11.6 Å². The first-order valence-electron chi connectivity index (χ1n) is 2.18. The number of rotatable bonds is 4. The topological polar surface area (TPSA) is 63.6 Å². The van der Waals surface area contributed by atoms with Crippen molar-refractivity contribution in [1.29, 1.82) is 0 Å². The van der Waals surface area contributed by atoms with Crippen LogP contribution < -0.4 is 0 Å². The van der Waals surface area contributed by atoms with Crippen molar-refractivity contribution in [1.82, 2.24) is 0 Å². The van der Waals surface area contributed by atoms with E-state index in [1.165, 1.54) is 0 Å². The third-order valence-electron chi connectivity index (χ3n) is 0.550. The summed E-state index contributed by atoms with van der Waals surface area (Å²) in [5.74, 6) is -0.0246. The van der Waals surface area contributed by atoms with Crippen molar-refractivity contribution in [3.8, 4) is 0 Å². The van der Waals surface area contributed by atoms with Crippen molar-refractivity contribution in [3.63, 3.8) is 0 Å². The van der Waals surface area contributed by atoms with Gasteiger partial charge in [-0.25, -0.2) is 8.42 Å². The monoisotopic (exact) mass is 174 g/mol. The normalized spacial score (nSPS) is 14.1. The van der Waals surface area contributed by atoms with Gasteiger partial charge < -0.3 is 5.11 Å². The Labute approximate surface area is 59.5 Å². The van der Waals surface area contributed by atoms with E-state index in [0.29, 0.717) is 0 Å². The van der Waals surface area contributed by atoms with Crippen LogP contribution in [0.15, 0.2) is 0 Å². The molecular weight excluding hydrogens is 168 g/mol. The summed E-state index contributed by atoms with van der Waals surface area (Å²) in [4.78, 5) is 0. The molecule has 9 heavy (non-hydrogen) atoms. The van der Waals surface area contributed by atoms with Gasteiger partial charge in [0.25, 0.3) is 11.0 Å². The number of alkyl halides is 1. The molecular formula is C3H7ClO4S. The first-order chi connectivity index (χ1) is 4.16. The van der Waals surface area contributed by atoms with Crippen molar-refractivity contribution in [2.45, 2.75) is 6.10 Å². The summed E-state index contributed by atoms with van der Waals surface area (Å²) >= 11 is 5.11. The molecule has 1 atom stereocenters. The maximum atomic E-state index is 9.68. The first-order valence-corrected chi connectivity index (χ1v) is 3.81. The fraction of sp³-hybridized carbons (Fsp3) is 1.00. The van der Waals surface area contributed by atoms with E-state index in [1.54, 1.807) is 0 Å². The number of aliphatic hydroxyl groups excluding tert-OH is 1. The molecule has 0 rings (SSSR count). The second kappa shape index (κ2) is 4.99. The molecule has 0 amide bonds. The average Bonchev–Trinajstić information content (AvgIpc) is 1.83. The minimum atomic E-state index is -2.86. The largest absolute Gasteiger partial charge is 0.389 e. The first kappa shape index (κ1) is 9.16. The number of aliphatic hydroxyl groups is 1. The lowest BCUT2D eigenvalue weighted by atomic mass is 10.4. The van der Waals surface area contributed by atoms with Crippen molar-refractivity contribution in [2.75, 3.05) is 12.5 Å². The minimum Gasteiger partial charge on any atom is -0.389 e. The minimum absolute atomic E-state index is 0.0246. The van der Waals surface area contributed by atoms with Gasteiger partial charge in [-0.3, -0.25) is 4.18 Å². The van der Waals surface area contributed by atoms with Crippen molar-refractivity contribution in [2.24, 2.45) is 0 Å². The zero-order chi connectivity index (χ0) is 7.28. The molecule has 0 bridgehead atoms. The summed E-state index contributed by atoms with van der Waals surface area (Å²) in [5.41, 5.74) is 0. The number of thiol groups is 1. The van der Waals surface area contributed by atoms with Crippen LogP contribution in [0.3, 0.4) is 0 Å². The van der Waals surface area contributed by atoms with Crippen LogP contribution in [-0.4, -0.2) is 32.1 Å². The number of halogens is 1. The fourth-order valence-corrected chi connectivity index (χ4v) is 0.574. The van der Waals surface area contributed by atoms with Gasteiger partial charge in [0, 0.05) is 0 Å². The second-order valence-corrected chi connectivity index (χ2v) is 2.34. The number of hydrogen-bond donors (Lipinski definition) is 2. The molecule has 56 valence electrons. The molecule has 0 saturated carbocycles. The van der Waals surface area contributed by atoms with Crippen LogP contribution in [0, 0.1) is 0 Å². The van der Waals surface area contributed by atoms with Crippen LogP contribution in [0.4, 0.5) is 0 Å². The fourth-order valence-electron chi connectivity index (χ4n) is 0.191. The van der Waals surface area contributed by atoms with Crippen LogP contribution in [-0.2, 0) is 15.2 Å². The molecule has 0 heterocycles. The van der Waals surface area contributed by atoms with Crippen molar-refractivity contribution in [3.05, 3.63) is 0 Å². The Morgan fingerprint density at radius 3 is 2.56 bits per heavy atom. The molecule has 0 spiro atoms. The SMILES string of the molecule is O=[SH](=O)OCC(O)CCl. The van der Waals surface area contributed by atoms with Gasteiger partial charge in [-0.1, -0.05) is 0 Å². The van der Waals surface area contributed by atoms with E-state index in [-0.39, 0.29) is 12.5 Å². The highest BCUT2D eigenvalue weighted by molar-refractivity contribution is 7.67. The predicted octanol–water partition coefficient (Wildman–Crippen LogP) is -0.871. The molecule has 6 heteroatoms.